The van der Waals surface area contributed by atoms with E-state index >= 15 is 0 Å². The Kier molecular flexibility index (Phi) is 5.67. The first-order valence-corrected chi connectivity index (χ1v) is 7.62. The van der Waals surface area contributed by atoms with Crippen LogP contribution in [0, 0.1) is 10.1 Å². The standard InChI is InChI=1S/C17H18N4O4/c1-2-11-5-3-4-6-13(11)20-16(22)10-19-14-8-7-12(17(18)23)9-15(14)21(24)25/h3-9,19H,2,10H2,1H3,(H2,18,23)(H,20,22). The van der Waals surface area contributed by atoms with E-state index in [0.29, 0.717) is 5.69 Å². The van der Waals surface area contributed by atoms with E-state index < -0.39 is 10.8 Å². The molecule has 2 amide bonds. The summed E-state index contributed by atoms with van der Waals surface area (Å²) in [6, 6.07) is 11.2. The normalized spacial score (nSPS) is 10.1. The summed E-state index contributed by atoms with van der Waals surface area (Å²) in [5, 5.41) is 16.6. The fraction of sp³-hybridized carbons (Fsp3) is 0.176. The van der Waals surface area contributed by atoms with Crippen molar-refractivity contribution in [3.8, 4) is 0 Å². The molecule has 0 saturated carbocycles. The fourth-order valence-electron chi connectivity index (χ4n) is 2.31. The summed E-state index contributed by atoms with van der Waals surface area (Å²) in [5.41, 5.74) is 6.66. The highest BCUT2D eigenvalue weighted by molar-refractivity contribution is 5.96. The number of para-hydroxylation sites is 1. The molecule has 25 heavy (non-hydrogen) atoms. The van der Waals surface area contributed by atoms with Gasteiger partial charge >= 0.3 is 0 Å². The van der Waals surface area contributed by atoms with Crippen molar-refractivity contribution < 1.29 is 14.5 Å². The summed E-state index contributed by atoms with van der Waals surface area (Å²) >= 11 is 0. The van der Waals surface area contributed by atoms with E-state index in [2.05, 4.69) is 10.6 Å². The Balaban J connectivity index is 2.09. The lowest BCUT2D eigenvalue weighted by molar-refractivity contribution is -0.384. The van der Waals surface area contributed by atoms with Crippen LogP contribution < -0.4 is 16.4 Å². The van der Waals surface area contributed by atoms with Crippen molar-refractivity contribution in [1.82, 2.24) is 0 Å². The van der Waals surface area contributed by atoms with Gasteiger partial charge in [-0.05, 0) is 30.2 Å². The van der Waals surface area contributed by atoms with Gasteiger partial charge in [-0.25, -0.2) is 0 Å². The van der Waals surface area contributed by atoms with Crippen molar-refractivity contribution in [2.24, 2.45) is 5.73 Å². The van der Waals surface area contributed by atoms with Gasteiger partial charge in [0.1, 0.15) is 5.69 Å². The van der Waals surface area contributed by atoms with Gasteiger partial charge < -0.3 is 16.4 Å². The molecule has 0 fully saturated rings. The van der Waals surface area contributed by atoms with E-state index in [9.17, 15) is 19.7 Å². The minimum atomic E-state index is -0.761. The Bertz CT molecular complexity index is 820. The maximum Gasteiger partial charge on any atom is 0.293 e. The van der Waals surface area contributed by atoms with Gasteiger partial charge in [0, 0.05) is 17.3 Å². The van der Waals surface area contributed by atoms with Gasteiger partial charge in [0.25, 0.3) is 5.69 Å². The molecule has 0 bridgehead atoms. The third-order valence-electron chi connectivity index (χ3n) is 3.59. The number of benzene rings is 2. The average Bonchev–Trinajstić information content (AvgIpc) is 2.60. The minimum Gasteiger partial charge on any atom is -0.371 e. The second-order valence-corrected chi connectivity index (χ2v) is 5.27. The number of amides is 2. The summed E-state index contributed by atoms with van der Waals surface area (Å²) < 4.78 is 0. The molecular weight excluding hydrogens is 324 g/mol. The van der Waals surface area contributed by atoms with Crippen molar-refractivity contribution in [1.29, 1.82) is 0 Å². The van der Waals surface area contributed by atoms with Gasteiger partial charge in [0.2, 0.25) is 11.8 Å². The predicted octanol–water partition coefficient (Wildman–Crippen LogP) is 2.31. The first-order chi connectivity index (χ1) is 11.9. The van der Waals surface area contributed by atoms with Crippen LogP contribution in [0.2, 0.25) is 0 Å². The number of nitrogens with zero attached hydrogens (tertiary/aromatic N) is 1. The number of nitro benzene ring substituents is 1. The smallest absolute Gasteiger partial charge is 0.293 e. The van der Waals surface area contributed by atoms with E-state index in [1.807, 2.05) is 25.1 Å². The number of hydrogen-bond donors (Lipinski definition) is 3. The highest BCUT2D eigenvalue weighted by atomic mass is 16.6. The van der Waals surface area contributed by atoms with Crippen molar-refractivity contribution in [3.63, 3.8) is 0 Å². The molecule has 2 aromatic carbocycles. The zero-order valence-electron chi connectivity index (χ0n) is 13.6. The Morgan fingerprint density at radius 1 is 1.16 bits per heavy atom. The number of nitrogens with one attached hydrogen (secondary N) is 2. The number of carbonyl (C=O) groups is 2. The van der Waals surface area contributed by atoms with Crippen LogP contribution >= 0.6 is 0 Å². The monoisotopic (exact) mass is 342 g/mol. The average molecular weight is 342 g/mol. The molecule has 0 atom stereocenters. The topological polar surface area (TPSA) is 127 Å². The summed E-state index contributed by atoms with van der Waals surface area (Å²) in [4.78, 5) is 33.7. The van der Waals surface area contributed by atoms with Gasteiger partial charge in [0.15, 0.2) is 0 Å². The summed E-state index contributed by atoms with van der Waals surface area (Å²) in [6.07, 6.45) is 0.768. The summed E-state index contributed by atoms with van der Waals surface area (Å²) in [7, 11) is 0. The lowest BCUT2D eigenvalue weighted by Crippen LogP contribution is -2.23. The van der Waals surface area contributed by atoms with Crippen LogP contribution in [0.1, 0.15) is 22.8 Å². The van der Waals surface area contributed by atoms with E-state index in [1.165, 1.54) is 12.1 Å². The van der Waals surface area contributed by atoms with Crippen LogP contribution in [-0.2, 0) is 11.2 Å². The highest BCUT2D eigenvalue weighted by Crippen LogP contribution is 2.25. The molecule has 2 aromatic rings. The lowest BCUT2D eigenvalue weighted by Gasteiger charge is -2.11. The number of aryl methyl sites for hydroxylation is 1. The largest absolute Gasteiger partial charge is 0.371 e. The van der Waals surface area contributed by atoms with Crippen LogP contribution in [-0.4, -0.2) is 23.3 Å². The molecule has 0 aliphatic rings. The number of anilines is 2. The number of rotatable bonds is 7. The quantitative estimate of drug-likeness (QED) is 0.525. The van der Waals surface area contributed by atoms with Crippen molar-refractivity contribution in [2.45, 2.75) is 13.3 Å². The van der Waals surface area contributed by atoms with Crippen LogP contribution in [0.5, 0.6) is 0 Å². The van der Waals surface area contributed by atoms with Crippen LogP contribution in [0.15, 0.2) is 42.5 Å². The summed E-state index contributed by atoms with van der Waals surface area (Å²) in [6.45, 7) is 1.82. The lowest BCUT2D eigenvalue weighted by atomic mass is 10.1. The third kappa shape index (κ3) is 4.54. The molecule has 130 valence electrons. The predicted molar refractivity (Wildman–Crippen MR) is 94.6 cm³/mol. The molecule has 4 N–H and O–H groups in total. The van der Waals surface area contributed by atoms with Gasteiger partial charge in [-0.15, -0.1) is 0 Å². The van der Waals surface area contributed by atoms with E-state index in [4.69, 9.17) is 5.73 Å². The van der Waals surface area contributed by atoms with Gasteiger partial charge in [-0.1, -0.05) is 25.1 Å². The maximum absolute atomic E-state index is 12.1. The molecule has 0 aliphatic heterocycles. The molecule has 0 unspecified atom stereocenters. The molecule has 2 rings (SSSR count). The van der Waals surface area contributed by atoms with Gasteiger partial charge in [-0.3, -0.25) is 19.7 Å². The molecule has 0 aliphatic carbocycles. The summed E-state index contributed by atoms with van der Waals surface area (Å²) in [5.74, 6) is -1.10. The molecule has 8 heteroatoms. The van der Waals surface area contributed by atoms with Crippen molar-refractivity contribution in [3.05, 3.63) is 63.7 Å². The van der Waals surface area contributed by atoms with Gasteiger partial charge in [0.05, 0.1) is 11.5 Å². The maximum atomic E-state index is 12.1. The molecule has 0 saturated heterocycles. The van der Waals surface area contributed by atoms with Crippen LogP contribution in [0.4, 0.5) is 17.1 Å². The Labute approximate surface area is 144 Å². The van der Waals surface area contributed by atoms with Crippen LogP contribution in [0.25, 0.3) is 0 Å². The minimum absolute atomic E-state index is 0.0265. The Morgan fingerprint density at radius 2 is 1.88 bits per heavy atom. The number of hydrogen-bond acceptors (Lipinski definition) is 5. The van der Waals surface area contributed by atoms with Gasteiger partial charge in [-0.2, -0.15) is 0 Å². The van der Waals surface area contributed by atoms with E-state index in [-0.39, 0.29) is 29.4 Å². The molecule has 8 nitrogen and oxygen atoms in total. The SMILES string of the molecule is CCc1ccccc1NC(=O)CNc1ccc(C(N)=O)cc1[N+](=O)[O-]. The zero-order chi connectivity index (χ0) is 18.4. The Morgan fingerprint density at radius 3 is 2.52 bits per heavy atom. The highest BCUT2D eigenvalue weighted by Gasteiger charge is 2.17. The van der Waals surface area contributed by atoms with E-state index in [1.54, 1.807) is 6.07 Å². The Hall–Kier alpha value is -3.42. The number of nitro groups is 1. The molecule has 0 spiro atoms. The molecule has 0 radical (unpaired) electrons. The fourth-order valence-corrected chi connectivity index (χ4v) is 2.31. The van der Waals surface area contributed by atoms with Crippen molar-refractivity contribution >= 4 is 28.9 Å². The first-order valence-electron chi connectivity index (χ1n) is 7.62. The second kappa shape index (κ2) is 7.91. The zero-order valence-corrected chi connectivity index (χ0v) is 13.6. The third-order valence-corrected chi connectivity index (χ3v) is 3.59. The van der Waals surface area contributed by atoms with Crippen LogP contribution in [0.3, 0.4) is 0 Å². The number of carbonyl (C=O) groups excluding carboxylic acids is 2. The molecule has 0 heterocycles. The molecule has 0 aromatic heterocycles. The number of primary amides is 1. The first kappa shape index (κ1) is 17.9. The van der Waals surface area contributed by atoms with Crippen molar-refractivity contribution in [2.75, 3.05) is 17.2 Å². The van der Waals surface area contributed by atoms with E-state index in [0.717, 1.165) is 18.1 Å². The molecular formula is C17H18N4O4. The number of nitrogens with two attached hydrogens (primary N) is 1. The second-order valence-electron chi connectivity index (χ2n) is 5.27.